The second-order valence-electron chi connectivity index (χ2n) is 4.52. The Labute approximate surface area is 112 Å². The standard InChI is InChI=1S/C10H14N6O4/c11-7-4-8(15-10(12)14-7)16(2-13-4)9-6(19)5(18)3(1-17)20-9/h2-3,5-6,9,17-19H,1H2,(H4,11,12,14,15)/t3-,5+,6-,9+/m0/s1. The van der Waals surface area contributed by atoms with Gasteiger partial charge in [0.25, 0.3) is 0 Å². The summed E-state index contributed by atoms with van der Waals surface area (Å²) in [6.45, 7) is -0.416. The average Bonchev–Trinajstić information content (AvgIpc) is 2.93. The topological polar surface area (TPSA) is 166 Å². The SMILES string of the molecule is Nc1nc(N)c2ncn([C@@H]3O[C@@H](CO)[C@@H](O)[C@@H]3O)c2n1. The summed E-state index contributed by atoms with van der Waals surface area (Å²) in [6, 6.07) is 0. The molecule has 2 aromatic rings. The quantitative estimate of drug-likeness (QED) is 0.403. The third-order valence-corrected chi connectivity index (χ3v) is 3.26. The van der Waals surface area contributed by atoms with Gasteiger partial charge in [-0.05, 0) is 0 Å². The van der Waals surface area contributed by atoms with E-state index in [0.29, 0.717) is 5.52 Å². The van der Waals surface area contributed by atoms with Crippen LogP contribution in [-0.4, -0.2) is 59.8 Å². The van der Waals surface area contributed by atoms with Crippen molar-refractivity contribution in [2.75, 3.05) is 18.1 Å². The molecule has 108 valence electrons. The molecule has 3 heterocycles. The highest BCUT2D eigenvalue weighted by atomic mass is 16.6. The summed E-state index contributed by atoms with van der Waals surface area (Å²) in [7, 11) is 0. The van der Waals surface area contributed by atoms with Crippen LogP contribution in [0.2, 0.25) is 0 Å². The van der Waals surface area contributed by atoms with Crippen LogP contribution in [0.15, 0.2) is 6.33 Å². The van der Waals surface area contributed by atoms with Crippen molar-refractivity contribution < 1.29 is 20.1 Å². The van der Waals surface area contributed by atoms with Crippen LogP contribution in [-0.2, 0) is 4.74 Å². The summed E-state index contributed by atoms with van der Waals surface area (Å²) in [5, 5.41) is 28.8. The van der Waals surface area contributed by atoms with Crippen LogP contribution >= 0.6 is 0 Å². The molecule has 0 bridgehead atoms. The van der Waals surface area contributed by atoms with E-state index in [1.165, 1.54) is 10.9 Å². The van der Waals surface area contributed by atoms with E-state index in [2.05, 4.69) is 15.0 Å². The van der Waals surface area contributed by atoms with E-state index in [1.54, 1.807) is 0 Å². The zero-order chi connectivity index (χ0) is 14.4. The number of rotatable bonds is 2. The first-order valence-electron chi connectivity index (χ1n) is 5.91. The maximum Gasteiger partial charge on any atom is 0.224 e. The normalized spacial score (nSPS) is 30.1. The summed E-state index contributed by atoms with van der Waals surface area (Å²) in [5.41, 5.74) is 11.8. The fourth-order valence-corrected chi connectivity index (χ4v) is 2.25. The smallest absolute Gasteiger partial charge is 0.224 e. The van der Waals surface area contributed by atoms with E-state index in [0.717, 1.165) is 0 Å². The van der Waals surface area contributed by atoms with Crippen LogP contribution in [0, 0.1) is 0 Å². The van der Waals surface area contributed by atoms with Crippen LogP contribution in [0.25, 0.3) is 11.2 Å². The van der Waals surface area contributed by atoms with E-state index in [9.17, 15) is 10.2 Å². The van der Waals surface area contributed by atoms with Gasteiger partial charge in [-0.25, -0.2) is 4.98 Å². The monoisotopic (exact) mass is 282 g/mol. The number of aliphatic hydroxyl groups excluding tert-OH is 3. The van der Waals surface area contributed by atoms with Gasteiger partial charge in [-0.1, -0.05) is 0 Å². The van der Waals surface area contributed by atoms with Gasteiger partial charge in [0, 0.05) is 0 Å². The van der Waals surface area contributed by atoms with Crippen LogP contribution in [0.4, 0.5) is 11.8 Å². The molecular formula is C10H14N6O4. The number of ether oxygens (including phenoxy) is 1. The first-order valence-corrected chi connectivity index (χ1v) is 5.91. The summed E-state index contributed by atoms with van der Waals surface area (Å²) in [5.74, 6) is 0.0708. The first-order chi connectivity index (χ1) is 9.52. The molecule has 10 heteroatoms. The molecule has 1 aliphatic heterocycles. The summed E-state index contributed by atoms with van der Waals surface area (Å²) in [4.78, 5) is 11.8. The molecule has 20 heavy (non-hydrogen) atoms. The molecule has 4 atom stereocenters. The number of aliphatic hydroxyl groups is 3. The Morgan fingerprint density at radius 2 is 2.00 bits per heavy atom. The van der Waals surface area contributed by atoms with E-state index < -0.39 is 31.1 Å². The number of nitrogen functional groups attached to an aromatic ring is 2. The molecule has 1 fully saturated rings. The van der Waals surface area contributed by atoms with Crippen LogP contribution in [0.5, 0.6) is 0 Å². The number of aromatic nitrogens is 4. The molecule has 0 saturated carbocycles. The molecule has 0 spiro atoms. The van der Waals surface area contributed by atoms with Crippen molar-refractivity contribution in [3.8, 4) is 0 Å². The molecule has 0 aromatic carbocycles. The van der Waals surface area contributed by atoms with Gasteiger partial charge in [0.05, 0.1) is 12.9 Å². The van der Waals surface area contributed by atoms with Crippen molar-refractivity contribution >= 4 is 22.9 Å². The lowest BCUT2D eigenvalue weighted by Gasteiger charge is -2.16. The van der Waals surface area contributed by atoms with Gasteiger partial charge in [0.1, 0.15) is 23.8 Å². The third-order valence-electron chi connectivity index (χ3n) is 3.26. The maximum atomic E-state index is 9.99. The number of hydrogen-bond donors (Lipinski definition) is 5. The minimum atomic E-state index is -1.23. The molecule has 2 aromatic heterocycles. The average molecular weight is 282 g/mol. The van der Waals surface area contributed by atoms with E-state index in [1.807, 2.05) is 0 Å². The molecule has 1 saturated heterocycles. The van der Waals surface area contributed by atoms with Gasteiger partial charge in [-0.15, -0.1) is 0 Å². The van der Waals surface area contributed by atoms with Crippen molar-refractivity contribution in [2.45, 2.75) is 24.5 Å². The Morgan fingerprint density at radius 3 is 2.65 bits per heavy atom. The fraction of sp³-hybridized carbons (Fsp3) is 0.500. The summed E-state index contributed by atoms with van der Waals surface area (Å²) in [6.07, 6.45) is -2.92. The minimum Gasteiger partial charge on any atom is -0.394 e. The van der Waals surface area contributed by atoms with Gasteiger partial charge < -0.3 is 31.5 Å². The van der Waals surface area contributed by atoms with Gasteiger partial charge in [-0.3, -0.25) is 4.57 Å². The van der Waals surface area contributed by atoms with Crippen molar-refractivity contribution in [1.82, 2.24) is 19.5 Å². The molecule has 0 radical (unpaired) electrons. The van der Waals surface area contributed by atoms with E-state index in [4.69, 9.17) is 21.3 Å². The van der Waals surface area contributed by atoms with Crippen LogP contribution < -0.4 is 11.5 Å². The zero-order valence-corrected chi connectivity index (χ0v) is 10.3. The number of nitrogens with two attached hydrogens (primary N) is 2. The van der Waals surface area contributed by atoms with Gasteiger partial charge in [0.15, 0.2) is 17.7 Å². The number of imidazole rings is 1. The highest BCUT2D eigenvalue weighted by Gasteiger charge is 2.44. The van der Waals surface area contributed by atoms with Crippen molar-refractivity contribution in [3.05, 3.63) is 6.33 Å². The number of nitrogens with zero attached hydrogens (tertiary/aromatic N) is 4. The molecule has 3 rings (SSSR count). The number of hydrogen-bond acceptors (Lipinski definition) is 9. The predicted octanol–water partition coefficient (Wildman–Crippen LogP) is -2.40. The number of anilines is 2. The lowest BCUT2D eigenvalue weighted by molar-refractivity contribution is -0.0511. The van der Waals surface area contributed by atoms with Crippen molar-refractivity contribution in [3.63, 3.8) is 0 Å². The van der Waals surface area contributed by atoms with Gasteiger partial charge in [-0.2, -0.15) is 9.97 Å². The zero-order valence-electron chi connectivity index (χ0n) is 10.3. The summed E-state index contributed by atoms with van der Waals surface area (Å²) < 4.78 is 6.79. The molecule has 1 aliphatic rings. The maximum absolute atomic E-state index is 9.99. The lowest BCUT2D eigenvalue weighted by atomic mass is 10.1. The van der Waals surface area contributed by atoms with Crippen molar-refractivity contribution in [2.24, 2.45) is 0 Å². The Kier molecular flexibility index (Phi) is 2.94. The second-order valence-corrected chi connectivity index (χ2v) is 4.52. The largest absolute Gasteiger partial charge is 0.394 e. The first kappa shape index (κ1) is 13.0. The Bertz CT molecular complexity index is 646. The van der Waals surface area contributed by atoms with Crippen molar-refractivity contribution in [1.29, 1.82) is 0 Å². The molecule has 7 N–H and O–H groups in total. The predicted molar refractivity (Wildman–Crippen MR) is 67.2 cm³/mol. The molecule has 0 unspecified atom stereocenters. The molecule has 0 amide bonds. The highest BCUT2D eigenvalue weighted by molar-refractivity contribution is 5.82. The molecule has 0 aliphatic carbocycles. The Balaban J connectivity index is 2.07. The number of fused-ring (bicyclic) bond motifs is 1. The Hall–Kier alpha value is -2.01. The summed E-state index contributed by atoms with van der Waals surface area (Å²) >= 11 is 0. The third kappa shape index (κ3) is 1.78. The van der Waals surface area contributed by atoms with Crippen LogP contribution in [0.1, 0.15) is 6.23 Å². The van der Waals surface area contributed by atoms with Gasteiger partial charge >= 0.3 is 0 Å². The molecular weight excluding hydrogens is 268 g/mol. The molecule has 10 nitrogen and oxygen atoms in total. The van der Waals surface area contributed by atoms with Gasteiger partial charge in [0.2, 0.25) is 5.95 Å². The minimum absolute atomic E-state index is 0.0384. The van der Waals surface area contributed by atoms with E-state index in [-0.39, 0.29) is 17.4 Å². The lowest BCUT2D eigenvalue weighted by Crippen LogP contribution is -2.33. The second kappa shape index (κ2) is 4.52. The Morgan fingerprint density at radius 1 is 1.25 bits per heavy atom. The highest BCUT2D eigenvalue weighted by Crippen LogP contribution is 2.31. The van der Waals surface area contributed by atoms with E-state index >= 15 is 0 Å². The van der Waals surface area contributed by atoms with Crippen LogP contribution in [0.3, 0.4) is 0 Å². The fourth-order valence-electron chi connectivity index (χ4n) is 2.25.